The molecule has 3 aromatic rings. The highest BCUT2D eigenvalue weighted by atomic mass is 16.2. The van der Waals surface area contributed by atoms with Gasteiger partial charge in [-0.15, -0.1) is 0 Å². The van der Waals surface area contributed by atoms with Crippen LogP contribution in [0.3, 0.4) is 0 Å². The monoisotopic (exact) mass is 319 g/mol. The van der Waals surface area contributed by atoms with Gasteiger partial charge in [-0.25, -0.2) is 0 Å². The highest BCUT2D eigenvalue weighted by molar-refractivity contribution is 6.06. The number of benzene rings is 2. The number of carbonyl (C=O) groups excluding carboxylic acids is 2. The van der Waals surface area contributed by atoms with Crippen LogP contribution in [0.2, 0.25) is 0 Å². The predicted molar refractivity (Wildman–Crippen MR) is 92.5 cm³/mol. The Labute approximate surface area is 139 Å². The molecule has 0 unspecified atom stereocenters. The van der Waals surface area contributed by atoms with Crippen molar-refractivity contribution in [3.63, 3.8) is 0 Å². The minimum Gasteiger partial charge on any atom is -0.357 e. The van der Waals surface area contributed by atoms with Crippen LogP contribution in [0, 0.1) is 0 Å². The number of fused-ring (bicyclic) bond motifs is 1. The first-order valence-corrected chi connectivity index (χ1v) is 7.62. The molecule has 120 valence electrons. The fourth-order valence-corrected chi connectivity index (χ4v) is 2.59. The van der Waals surface area contributed by atoms with Gasteiger partial charge in [0.25, 0.3) is 5.91 Å². The van der Waals surface area contributed by atoms with Crippen LogP contribution in [0.25, 0.3) is 10.8 Å². The molecule has 0 radical (unpaired) electrons. The molecular formula is C19H17N3O2. The van der Waals surface area contributed by atoms with Gasteiger partial charge >= 0.3 is 0 Å². The molecule has 5 nitrogen and oxygen atoms in total. The van der Waals surface area contributed by atoms with E-state index in [9.17, 15) is 9.59 Å². The summed E-state index contributed by atoms with van der Waals surface area (Å²) >= 11 is 0. The zero-order chi connectivity index (χ0) is 16.9. The molecule has 0 aliphatic rings. The van der Waals surface area contributed by atoms with Crippen LogP contribution in [0.5, 0.6) is 0 Å². The van der Waals surface area contributed by atoms with Crippen LogP contribution in [0.4, 0.5) is 0 Å². The number of rotatable bonds is 4. The number of hydrogen-bond donors (Lipinski definition) is 2. The number of nitrogens with one attached hydrogen (secondary N) is 2. The summed E-state index contributed by atoms with van der Waals surface area (Å²) in [5, 5.41) is 7.04. The molecule has 2 aromatic carbocycles. The molecule has 1 heterocycles. The fourth-order valence-electron chi connectivity index (χ4n) is 2.59. The molecular weight excluding hydrogens is 302 g/mol. The van der Waals surface area contributed by atoms with Crippen molar-refractivity contribution in [2.24, 2.45) is 0 Å². The molecule has 0 fully saturated rings. The van der Waals surface area contributed by atoms with Crippen LogP contribution < -0.4 is 10.6 Å². The van der Waals surface area contributed by atoms with E-state index in [-0.39, 0.29) is 11.8 Å². The molecule has 2 N–H and O–H groups in total. The van der Waals surface area contributed by atoms with Gasteiger partial charge in [-0.2, -0.15) is 0 Å². The second-order valence-corrected chi connectivity index (χ2v) is 5.31. The first-order chi connectivity index (χ1) is 11.7. The Balaban J connectivity index is 1.95. The molecule has 0 bridgehead atoms. The number of amides is 2. The quantitative estimate of drug-likeness (QED) is 0.776. The van der Waals surface area contributed by atoms with Crippen molar-refractivity contribution in [3.8, 4) is 0 Å². The summed E-state index contributed by atoms with van der Waals surface area (Å²) in [7, 11) is 1.54. The lowest BCUT2D eigenvalue weighted by molar-refractivity contribution is -0.122. The van der Waals surface area contributed by atoms with E-state index in [4.69, 9.17) is 0 Å². The van der Waals surface area contributed by atoms with Crippen LogP contribution in [-0.4, -0.2) is 23.8 Å². The van der Waals surface area contributed by atoms with Crippen LogP contribution in [0.1, 0.15) is 22.1 Å². The predicted octanol–water partition coefficient (Wildman–Crippen LogP) is 2.45. The maximum atomic E-state index is 12.7. The largest absolute Gasteiger partial charge is 0.357 e. The zero-order valence-corrected chi connectivity index (χ0v) is 13.2. The molecule has 5 heteroatoms. The average Bonchev–Trinajstić information content (AvgIpc) is 2.65. The van der Waals surface area contributed by atoms with E-state index >= 15 is 0 Å². The molecule has 3 rings (SSSR count). The number of hydrogen-bond acceptors (Lipinski definition) is 3. The van der Waals surface area contributed by atoms with Gasteiger partial charge in [0.15, 0.2) is 0 Å². The third-order valence-corrected chi connectivity index (χ3v) is 3.81. The molecule has 1 atom stereocenters. The number of aromatic nitrogens is 1. The number of likely N-dealkylation sites (N-methyl/N-ethyl adjacent to an activating group) is 1. The van der Waals surface area contributed by atoms with E-state index in [2.05, 4.69) is 15.6 Å². The normalized spacial score (nSPS) is 11.7. The van der Waals surface area contributed by atoms with Gasteiger partial charge in [-0.3, -0.25) is 14.6 Å². The molecule has 0 saturated heterocycles. The fraction of sp³-hybridized carbons (Fsp3) is 0.105. The van der Waals surface area contributed by atoms with Crippen molar-refractivity contribution >= 4 is 22.6 Å². The molecule has 0 saturated carbocycles. The topological polar surface area (TPSA) is 71.1 Å². The van der Waals surface area contributed by atoms with Gasteiger partial charge in [0.1, 0.15) is 11.7 Å². The van der Waals surface area contributed by atoms with Crippen molar-refractivity contribution in [1.29, 1.82) is 0 Å². The van der Waals surface area contributed by atoms with Crippen molar-refractivity contribution in [1.82, 2.24) is 15.6 Å². The van der Waals surface area contributed by atoms with Crippen LogP contribution in [0.15, 0.2) is 66.9 Å². The number of pyridine rings is 1. The van der Waals surface area contributed by atoms with Crippen LogP contribution in [-0.2, 0) is 4.79 Å². The standard InChI is InChI=1S/C19H17N3O2/c1-20-18(23)16(14-8-3-2-4-9-14)22-19(24)17-15-10-6-5-7-13(15)11-12-21-17/h2-12,16H,1H3,(H,20,23)(H,22,24)/t16-/m1/s1. The summed E-state index contributed by atoms with van der Waals surface area (Å²) in [5.41, 5.74) is 1.02. The number of carbonyl (C=O) groups is 2. The second kappa shape index (κ2) is 6.91. The summed E-state index contributed by atoms with van der Waals surface area (Å²) in [6.07, 6.45) is 1.59. The first kappa shape index (κ1) is 15.7. The minimum atomic E-state index is -0.774. The molecule has 24 heavy (non-hydrogen) atoms. The van der Waals surface area contributed by atoms with Crippen molar-refractivity contribution < 1.29 is 9.59 Å². The molecule has 1 aromatic heterocycles. The molecule has 0 aliphatic carbocycles. The van der Waals surface area contributed by atoms with E-state index < -0.39 is 6.04 Å². The highest BCUT2D eigenvalue weighted by Gasteiger charge is 2.23. The SMILES string of the molecule is CNC(=O)[C@H](NC(=O)c1nccc2ccccc12)c1ccccc1. The van der Waals surface area contributed by atoms with Gasteiger partial charge in [0.05, 0.1) is 0 Å². The van der Waals surface area contributed by atoms with Gasteiger partial charge in [0, 0.05) is 18.6 Å². The lowest BCUT2D eigenvalue weighted by Crippen LogP contribution is -2.39. The van der Waals surface area contributed by atoms with Crippen molar-refractivity contribution in [3.05, 3.63) is 78.1 Å². The Morgan fingerprint density at radius 3 is 2.42 bits per heavy atom. The molecule has 2 amide bonds. The first-order valence-electron chi connectivity index (χ1n) is 7.62. The summed E-state index contributed by atoms with van der Waals surface area (Å²) < 4.78 is 0. The number of nitrogens with zero attached hydrogens (tertiary/aromatic N) is 1. The Morgan fingerprint density at radius 1 is 0.958 bits per heavy atom. The summed E-state index contributed by atoms with van der Waals surface area (Å²) in [4.78, 5) is 29.1. The van der Waals surface area contributed by atoms with Crippen LogP contribution >= 0.6 is 0 Å². The lowest BCUT2D eigenvalue weighted by atomic mass is 10.1. The van der Waals surface area contributed by atoms with Gasteiger partial charge < -0.3 is 10.6 Å². The Bertz CT molecular complexity index is 873. The van der Waals surface area contributed by atoms with Gasteiger partial charge in [-0.05, 0) is 17.0 Å². The Morgan fingerprint density at radius 2 is 1.67 bits per heavy atom. The third kappa shape index (κ3) is 3.10. The average molecular weight is 319 g/mol. The van der Waals surface area contributed by atoms with E-state index in [0.29, 0.717) is 11.3 Å². The summed E-state index contributed by atoms with van der Waals surface area (Å²) in [6.45, 7) is 0. The van der Waals surface area contributed by atoms with Gasteiger partial charge in [0.2, 0.25) is 5.91 Å². The Kier molecular flexibility index (Phi) is 4.52. The van der Waals surface area contributed by atoms with E-state index in [1.54, 1.807) is 25.4 Å². The summed E-state index contributed by atoms with van der Waals surface area (Å²) in [6, 6.07) is 17.7. The smallest absolute Gasteiger partial charge is 0.271 e. The summed E-state index contributed by atoms with van der Waals surface area (Å²) in [5.74, 6) is -0.668. The molecule has 0 spiro atoms. The van der Waals surface area contributed by atoms with E-state index in [1.165, 1.54) is 0 Å². The highest BCUT2D eigenvalue weighted by Crippen LogP contribution is 2.18. The Hall–Kier alpha value is -3.21. The van der Waals surface area contributed by atoms with E-state index in [1.807, 2.05) is 48.5 Å². The minimum absolute atomic E-state index is 0.283. The molecule has 0 aliphatic heterocycles. The van der Waals surface area contributed by atoms with Crippen molar-refractivity contribution in [2.45, 2.75) is 6.04 Å². The zero-order valence-electron chi connectivity index (χ0n) is 13.2. The van der Waals surface area contributed by atoms with Crippen molar-refractivity contribution in [2.75, 3.05) is 7.05 Å². The van der Waals surface area contributed by atoms with E-state index in [0.717, 1.165) is 10.8 Å². The van der Waals surface area contributed by atoms with Gasteiger partial charge in [-0.1, -0.05) is 54.6 Å². The maximum Gasteiger partial charge on any atom is 0.271 e. The second-order valence-electron chi connectivity index (χ2n) is 5.31. The third-order valence-electron chi connectivity index (χ3n) is 3.81. The maximum absolute atomic E-state index is 12.7. The lowest BCUT2D eigenvalue weighted by Gasteiger charge is -2.18.